The molecule has 0 aromatic carbocycles. The molecule has 0 saturated heterocycles. The molecular weight excluding hydrogens is 209 g/mol. The van der Waals surface area contributed by atoms with Crippen LogP contribution in [0.25, 0.3) is 0 Å². The number of halogens is 3. The normalized spacial score (nSPS) is 10.5. The van der Waals surface area contributed by atoms with Crippen LogP contribution in [0.15, 0.2) is 18.3 Å². The molecule has 0 spiro atoms. The van der Waals surface area contributed by atoms with Crippen molar-refractivity contribution in [2.45, 2.75) is 0 Å². The fourth-order valence-corrected chi connectivity index (χ4v) is 0.821. The zero-order valence-corrected chi connectivity index (χ0v) is 10.4. The van der Waals surface area contributed by atoms with Crippen molar-refractivity contribution < 1.29 is 69.1 Å². The monoisotopic (exact) mass is 215 g/mol. The van der Waals surface area contributed by atoms with E-state index >= 15 is 0 Å². The van der Waals surface area contributed by atoms with E-state index < -0.39 is 12.6 Å². The Kier molecular flexibility index (Phi) is 5.54. The van der Waals surface area contributed by atoms with Gasteiger partial charge >= 0.3 is 58.4 Å². The van der Waals surface area contributed by atoms with E-state index in [4.69, 9.17) is 0 Å². The van der Waals surface area contributed by atoms with Crippen LogP contribution in [0.5, 0.6) is 5.75 Å². The van der Waals surface area contributed by atoms with Crippen molar-refractivity contribution in [2.75, 3.05) is 7.11 Å². The molecule has 0 N–H and O–H groups in total. The quantitative estimate of drug-likeness (QED) is 0.540. The predicted molar refractivity (Wildman–Crippen MR) is 39.5 cm³/mol. The van der Waals surface area contributed by atoms with E-state index in [-0.39, 0.29) is 57.1 Å². The van der Waals surface area contributed by atoms with E-state index in [2.05, 4.69) is 9.72 Å². The average molecular weight is 215 g/mol. The SMILES string of the molecule is COc1cccnc1[B-](F)(F)F.[K+]. The fraction of sp³-hybridized carbons (Fsp3) is 0.167. The van der Waals surface area contributed by atoms with Crippen molar-refractivity contribution in [3.8, 4) is 5.75 Å². The van der Waals surface area contributed by atoms with Crippen molar-refractivity contribution in [1.82, 2.24) is 4.98 Å². The van der Waals surface area contributed by atoms with Crippen LogP contribution in [0.3, 0.4) is 0 Å². The summed E-state index contributed by atoms with van der Waals surface area (Å²) in [6, 6.07) is 2.63. The van der Waals surface area contributed by atoms with Gasteiger partial charge in [0.05, 0.1) is 7.11 Å². The first kappa shape index (κ1) is 13.4. The number of aromatic nitrogens is 1. The van der Waals surface area contributed by atoms with Gasteiger partial charge in [0.2, 0.25) is 0 Å². The van der Waals surface area contributed by atoms with E-state index in [1.807, 2.05) is 0 Å². The Hall–Kier alpha value is 0.441. The second kappa shape index (κ2) is 5.35. The van der Waals surface area contributed by atoms with Gasteiger partial charge < -0.3 is 17.7 Å². The van der Waals surface area contributed by atoms with Gasteiger partial charge in [-0.05, 0) is 12.1 Å². The molecule has 0 radical (unpaired) electrons. The number of ether oxygens (including phenoxy) is 1. The second-order valence-electron chi connectivity index (χ2n) is 2.17. The molecule has 0 saturated carbocycles. The number of hydrogen-bond donors (Lipinski definition) is 0. The van der Waals surface area contributed by atoms with Crippen LogP contribution in [-0.2, 0) is 0 Å². The number of hydrogen-bond acceptors (Lipinski definition) is 2. The molecule has 0 amide bonds. The summed E-state index contributed by atoms with van der Waals surface area (Å²) in [4.78, 5) is 3.20. The fourth-order valence-electron chi connectivity index (χ4n) is 0.821. The largest absolute Gasteiger partial charge is 1.00 e. The Labute approximate surface area is 116 Å². The zero-order chi connectivity index (χ0) is 9.19. The third-order valence-electron chi connectivity index (χ3n) is 1.33. The van der Waals surface area contributed by atoms with Gasteiger partial charge in [0.25, 0.3) is 0 Å². The third-order valence-corrected chi connectivity index (χ3v) is 1.33. The molecule has 7 heteroatoms. The Morgan fingerprint density at radius 3 is 2.38 bits per heavy atom. The van der Waals surface area contributed by atoms with Crippen molar-refractivity contribution in [3.05, 3.63) is 18.3 Å². The maximum absolute atomic E-state index is 12.2. The maximum atomic E-state index is 12.2. The van der Waals surface area contributed by atoms with Crippen molar-refractivity contribution in [3.63, 3.8) is 0 Å². The van der Waals surface area contributed by atoms with Crippen LogP contribution >= 0.6 is 0 Å². The van der Waals surface area contributed by atoms with Crippen molar-refractivity contribution >= 4 is 12.6 Å². The van der Waals surface area contributed by atoms with Gasteiger partial charge in [-0.25, -0.2) is 0 Å². The molecule has 0 atom stereocenters. The maximum Gasteiger partial charge on any atom is 1.00 e. The van der Waals surface area contributed by atoms with E-state index in [0.717, 1.165) is 6.20 Å². The molecule has 1 heterocycles. The molecule has 0 aliphatic heterocycles. The molecule has 1 aromatic heterocycles. The number of pyridine rings is 1. The van der Waals surface area contributed by atoms with Crippen LogP contribution in [0.1, 0.15) is 0 Å². The van der Waals surface area contributed by atoms with Crippen LogP contribution in [0, 0.1) is 0 Å². The molecule has 0 aliphatic rings. The topological polar surface area (TPSA) is 22.1 Å². The van der Waals surface area contributed by atoms with Crippen LogP contribution in [0.4, 0.5) is 12.9 Å². The molecule has 1 rings (SSSR count). The Balaban J connectivity index is 0.00000144. The number of methoxy groups -OCH3 is 1. The molecule has 66 valence electrons. The van der Waals surface area contributed by atoms with E-state index in [1.54, 1.807) is 0 Å². The number of rotatable bonds is 2. The molecule has 0 unspecified atom stereocenters. The van der Waals surface area contributed by atoms with Gasteiger partial charge in [-0.3, -0.25) is 4.98 Å². The first-order valence-corrected chi connectivity index (χ1v) is 3.24. The Morgan fingerprint density at radius 2 is 2.00 bits per heavy atom. The van der Waals surface area contributed by atoms with Crippen molar-refractivity contribution in [2.24, 2.45) is 0 Å². The van der Waals surface area contributed by atoms with Gasteiger partial charge in [-0.2, -0.15) is 0 Å². The van der Waals surface area contributed by atoms with Gasteiger partial charge in [0, 0.05) is 11.8 Å². The summed E-state index contributed by atoms with van der Waals surface area (Å²) in [6.45, 7) is -5.07. The molecule has 0 bridgehead atoms. The minimum absolute atomic E-state index is 0. The predicted octanol–water partition coefficient (Wildman–Crippen LogP) is -1.85. The standard InChI is InChI=1S/C6H6BF3NO.K/c1-12-5-3-2-4-11-6(5)7(8,9)10;/h2-4H,1H3;/q-1;+1. The van der Waals surface area contributed by atoms with Gasteiger partial charge in [0.15, 0.2) is 0 Å². The van der Waals surface area contributed by atoms with E-state index in [1.165, 1.54) is 19.2 Å². The van der Waals surface area contributed by atoms with Gasteiger partial charge in [0.1, 0.15) is 5.75 Å². The van der Waals surface area contributed by atoms with Gasteiger partial charge in [-0.15, -0.1) is 0 Å². The molecule has 13 heavy (non-hydrogen) atoms. The van der Waals surface area contributed by atoms with Crippen LogP contribution in [0.2, 0.25) is 0 Å². The summed E-state index contributed by atoms with van der Waals surface area (Å²) in [7, 11) is 1.18. The van der Waals surface area contributed by atoms with Gasteiger partial charge in [-0.1, -0.05) is 0 Å². The summed E-state index contributed by atoms with van der Waals surface area (Å²) in [6.07, 6.45) is 1.09. The molecular formula is C6H6BF3KNO. The third kappa shape index (κ3) is 3.59. The summed E-state index contributed by atoms with van der Waals surface area (Å²) >= 11 is 0. The Morgan fingerprint density at radius 1 is 1.38 bits per heavy atom. The number of nitrogens with zero attached hydrogens (tertiary/aromatic N) is 1. The Bertz CT molecular complexity index is 281. The first-order chi connectivity index (χ1) is 5.55. The summed E-state index contributed by atoms with van der Waals surface area (Å²) in [5.74, 6) is -0.231. The summed E-state index contributed by atoms with van der Waals surface area (Å²) in [5.41, 5.74) is -0.931. The van der Waals surface area contributed by atoms with Crippen LogP contribution in [-0.4, -0.2) is 19.1 Å². The summed E-state index contributed by atoms with van der Waals surface area (Å²) < 4.78 is 41.0. The average Bonchev–Trinajstić information content (AvgIpc) is 2.03. The van der Waals surface area contributed by atoms with E-state index in [9.17, 15) is 12.9 Å². The first-order valence-electron chi connectivity index (χ1n) is 3.24. The molecule has 0 fully saturated rings. The smallest absolute Gasteiger partial charge is 0.498 e. The molecule has 0 aliphatic carbocycles. The van der Waals surface area contributed by atoms with Crippen molar-refractivity contribution in [1.29, 1.82) is 0 Å². The molecule has 1 aromatic rings. The minimum Gasteiger partial charge on any atom is -0.498 e. The van der Waals surface area contributed by atoms with Crippen LogP contribution < -0.4 is 61.7 Å². The minimum atomic E-state index is -5.07. The zero-order valence-electron chi connectivity index (χ0n) is 7.30. The second-order valence-corrected chi connectivity index (χ2v) is 2.17. The molecule has 2 nitrogen and oxygen atoms in total. The van der Waals surface area contributed by atoms with E-state index in [0.29, 0.717) is 0 Å². The summed E-state index contributed by atoms with van der Waals surface area (Å²) in [5, 5.41) is 0.